The quantitative estimate of drug-likeness (QED) is 0.464. The molecule has 0 radical (unpaired) electrons. The van der Waals surface area contributed by atoms with Gasteiger partial charge in [0.15, 0.2) is 0 Å². The minimum Gasteiger partial charge on any atom is -0.352 e. The average molecular weight is 450 g/mol. The third-order valence-electron chi connectivity index (χ3n) is 5.27. The molecule has 1 unspecified atom stereocenters. The van der Waals surface area contributed by atoms with Gasteiger partial charge >= 0.3 is 0 Å². The van der Waals surface area contributed by atoms with E-state index in [1.807, 2.05) is 54.8 Å². The molecule has 166 valence electrons. The molecule has 0 spiro atoms. The third kappa shape index (κ3) is 6.28. The van der Waals surface area contributed by atoms with Gasteiger partial charge in [0.2, 0.25) is 5.91 Å². The number of benzene rings is 2. The first kappa shape index (κ1) is 23.2. The predicted molar refractivity (Wildman–Crippen MR) is 128 cm³/mol. The smallest absolute Gasteiger partial charge is 0.255 e. The van der Waals surface area contributed by atoms with Gasteiger partial charge in [-0.15, -0.1) is 0 Å². The van der Waals surface area contributed by atoms with E-state index in [4.69, 9.17) is 0 Å². The van der Waals surface area contributed by atoms with Crippen LogP contribution < -0.4 is 10.6 Å². The van der Waals surface area contributed by atoms with Gasteiger partial charge in [0.05, 0.1) is 6.04 Å². The second-order valence-corrected chi connectivity index (χ2v) is 8.28. The lowest BCUT2D eigenvalue weighted by molar-refractivity contribution is -0.131. The summed E-state index contributed by atoms with van der Waals surface area (Å²) in [5.74, 6) is -0.292. The molecule has 3 rings (SSSR count). The van der Waals surface area contributed by atoms with Gasteiger partial charge in [-0.05, 0) is 54.6 Å². The number of anilines is 1. The molecule has 0 fully saturated rings. The van der Waals surface area contributed by atoms with Crippen molar-refractivity contribution in [2.45, 2.75) is 25.8 Å². The molecule has 1 aromatic heterocycles. The third-order valence-corrected chi connectivity index (χ3v) is 5.96. The van der Waals surface area contributed by atoms with Crippen molar-refractivity contribution in [2.24, 2.45) is 0 Å². The Morgan fingerprint density at radius 3 is 2.47 bits per heavy atom. The summed E-state index contributed by atoms with van der Waals surface area (Å²) in [4.78, 5) is 38.7. The number of amides is 3. The fourth-order valence-corrected chi connectivity index (χ4v) is 3.86. The van der Waals surface area contributed by atoms with Crippen molar-refractivity contribution in [2.75, 3.05) is 18.9 Å². The number of nitrogens with zero attached hydrogens (tertiary/aromatic N) is 1. The summed E-state index contributed by atoms with van der Waals surface area (Å²) in [6, 6.07) is 18.2. The summed E-state index contributed by atoms with van der Waals surface area (Å²) < 4.78 is 0. The molecule has 2 N–H and O–H groups in total. The van der Waals surface area contributed by atoms with E-state index in [2.05, 4.69) is 10.6 Å². The maximum atomic E-state index is 12.6. The Morgan fingerprint density at radius 2 is 1.75 bits per heavy atom. The first-order valence-electron chi connectivity index (χ1n) is 10.5. The highest BCUT2D eigenvalue weighted by Gasteiger charge is 2.18. The molecule has 1 heterocycles. The van der Waals surface area contributed by atoms with E-state index in [0.717, 1.165) is 5.56 Å². The number of rotatable bonds is 9. The van der Waals surface area contributed by atoms with Gasteiger partial charge in [-0.25, -0.2) is 0 Å². The summed E-state index contributed by atoms with van der Waals surface area (Å²) in [5, 5.41) is 9.40. The Labute approximate surface area is 192 Å². The van der Waals surface area contributed by atoms with Gasteiger partial charge < -0.3 is 15.5 Å². The summed E-state index contributed by atoms with van der Waals surface area (Å²) in [6.07, 6.45) is 0.911. The summed E-state index contributed by atoms with van der Waals surface area (Å²) in [7, 11) is 1.77. The van der Waals surface area contributed by atoms with Crippen LogP contribution in [0.1, 0.15) is 52.1 Å². The Kier molecular flexibility index (Phi) is 8.16. The van der Waals surface area contributed by atoms with Gasteiger partial charge in [-0.3, -0.25) is 14.4 Å². The fraction of sp³-hybridized carbons (Fsp3) is 0.240. The molecule has 7 heteroatoms. The summed E-state index contributed by atoms with van der Waals surface area (Å²) >= 11 is 1.48. The Bertz CT molecular complexity index is 1050. The highest BCUT2D eigenvalue weighted by molar-refractivity contribution is 7.08. The van der Waals surface area contributed by atoms with Crippen LogP contribution in [0.25, 0.3) is 0 Å². The first-order chi connectivity index (χ1) is 15.5. The van der Waals surface area contributed by atoms with E-state index in [9.17, 15) is 14.4 Å². The lowest BCUT2D eigenvalue weighted by Gasteiger charge is -2.26. The Morgan fingerprint density at radius 1 is 0.969 bits per heavy atom. The standard InChI is InChI=1S/C25H27N3O3S/c1-18(28(2)23(29)12-7-14-26-24(30)21-13-15-32-17-21)20-10-6-11-22(16-20)27-25(31)19-8-4-3-5-9-19/h3-6,8-11,13,15-18H,7,12,14H2,1-2H3,(H,26,30)(H,27,31). The van der Waals surface area contributed by atoms with E-state index in [-0.39, 0.29) is 23.8 Å². The van der Waals surface area contributed by atoms with E-state index in [1.165, 1.54) is 11.3 Å². The molecule has 0 aliphatic carbocycles. The molecule has 3 amide bonds. The Hall–Kier alpha value is -3.45. The SMILES string of the molecule is CC(c1cccc(NC(=O)c2ccccc2)c1)N(C)C(=O)CCCNC(=O)c1ccsc1. The van der Waals surface area contributed by atoms with Gasteiger partial charge in [0, 0.05) is 42.2 Å². The van der Waals surface area contributed by atoms with E-state index >= 15 is 0 Å². The van der Waals surface area contributed by atoms with Crippen LogP contribution in [-0.4, -0.2) is 36.2 Å². The van der Waals surface area contributed by atoms with Crippen LogP contribution in [0.5, 0.6) is 0 Å². The van der Waals surface area contributed by atoms with Crippen LogP contribution in [0.4, 0.5) is 5.69 Å². The fourth-order valence-electron chi connectivity index (χ4n) is 3.22. The second kappa shape index (κ2) is 11.2. The lowest BCUT2D eigenvalue weighted by Crippen LogP contribution is -2.31. The maximum Gasteiger partial charge on any atom is 0.255 e. The zero-order valence-corrected chi connectivity index (χ0v) is 19.0. The molecule has 2 aromatic carbocycles. The minimum absolute atomic E-state index is 0.000932. The number of carbonyl (C=O) groups excluding carboxylic acids is 3. The number of hydrogen-bond acceptors (Lipinski definition) is 4. The minimum atomic E-state index is -0.177. The highest BCUT2D eigenvalue weighted by atomic mass is 32.1. The van der Waals surface area contributed by atoms with Gasteiger partial charge in [-0.2, -0.15) is 11.3 Å². The molecule has 6 nitrogen and oxygen atoms in total. The predicted octanol–water partition coefficient (Wildman–Crippen LogP) is 4.73. The number of thiophene rings is 1. The largest absolute Gasteiger partial charge is 0.352 e. The Balaban J connectivity index is 1.50. The van der Waals surface area contributed by atoms with Crippen molar-refractivity contribution in [1.29, 1.82) is 0 Å². The molecule has 0 saturated heterocycles. The van der Waals surface area contributed by atoms with E-state index < -0.39 is 0 Å². The molecule has 32 heavy (non-hydrogen) atoms. The van der Waals surface area contributed by atoms with Crippen LogP contribution in [0.15, 0.2) is 71.4 Å². The van der Waals surface area contributed by atoms with Gasteiger partial charge in [0.1, 0.15) is 0 Å². The molecule has 0 aliphatic heterocycles. The second-order valence-electron chi connectivity index (χ2n) is 7.50. The topological polar surface area (TPSA) is 78.5 Å². The zero-order valence-electron chi connectivity index (χ0n) is 18.2. The first-order valence-corrected chi connectivity index (χ1v) is 11.4. The molecule has 0 saturated carbocycles. The van der Waals surface area contributed by atoms with Crippen LogP contribution in [0.2, 0.25) is 0 Å². The molecule has 0 bridgehead atoms. The molecule has 1 atom stereocenters. The average Bonchev–Trinajstić information content (AvgIpc) is 3.36. The van der Waals surface area contributed by atoms with Crippen molar-refractivity contribution in [3.8, 4) is 0 Å². The van der Waals surface area contributed by atoms with Crippen molar-refractivity contribution in [1.82, 2.24) is 10.2 Å². The maximum absolute atomic E-state index is 12.6. The summed E-state index contributed by atoms with van der Waals surface area (Å²) in [5.41, 5.74) is 2.84. The highest BCUT2D eigenvalue weighted by Crippen LogP contribution is 2.23. The van der Waals surface area contributed by atoms with Gasteiger partial charge in [-0.1, -0.05) is 30.3 Å². The van der Waals surface area contributed by atoms with E-state index in [0.29, 0.717) is 36.2 Å². The molecule has 0 aliphatic rings. The van der Waals surface area contributed by atoms with Crippen LogP contribution in [-0.2, 0) is 4.79 Å². The van der Waals surface area contributed by atoms with Crippen molar-refractivity contribution in [3.63, 3.8) is 0 Å². The lowest BCUT2D eigenvalue weighted by atomic mass is 10.1. The number of hydrogen-bond donors (Lipinski definition) is 2. The van der Waals surface area contributed by atoms with Crippen LogP contribution >= 0.6 is 11.3 Å². The van der Waals surface area contributed by atoms with Crippen molar-refractivity contribution in [3.05, 3.63) is 88.1 Å². The van der Waals surface area contributed by atoms with Crippen LogP contribution in [0.3, 0.4) is 0 Å². The van der Waals surface area contributed by atoms with Crippen LogP contribution in [0, 0.1) is 0 Å². The monoisotopic (exact) mass is 449 g/mol. The molecular weight excluding hydrogens is 422 g/mol. The van der Waals surface area contributed by atoms with Crippen molar-refractivity contribution < 1.29 is 14.4 Å². The molecular formula is C25H27N3O3S. The van der Waals surface area contributed by atoms with Crippen molar-refractivity contribution >= 4 is 34.7 Å². The summed E-state index contributed by atoms with van der Waals surface area (Å²) in [6.45, 7) is 2.40. The number of nitrogens with one attached hydrogen (secondary N) is 2. The van der Waals surface area contributed by atoms with Gasteiger partial charge in [0.25, 0.3) is 11.8 Å². The number of carbonyl (C=O) groups is 3. The zero-order chi connectivity index (χ0) is 22.9. The molecule has 3 aromatic rings. The normalized spacial score (nSPS) is 11.4. The van der Waals surface area contributed by atoms with E-state index in [1.54, 1.807) is 35.5 Å².